The molecule has 0 heterocycles. The molecule has 10 rings (SSSR count). The smallest absolute Gasteiger partial charge is 0.296 e. The van der Waals surface area contributed by atoms with Gasteiger partial charge < -0.3 is 21.7 Å². The van der Waals surface area contributed by atoms with Gasteiger partial charge in [-0.25, -0.2) is 0 Å². The second kappa shape index (κ2) is 23.2. The van der Waals surface area contributed by atoms with Crippen molar-refractivity contribution in [3.05, 3.63) is 157 Å². The van der Waals surface area contributed by atoms with Gasteiger partial charge >= 0.3 is 0 Å². The zero-order valence-electron chi connectivity index (χ0n) is 44.7. The lowest BCUT2D eigenvalue weighted by atomic mass is 10.0. The third kappa shape index (κ3) is 13.0. The van der Waals surface area contributed by atoms with Crippen molar-refractivity contribution < 1.29 is 88.0 Å². The average molecular weight is 1340 g/mol. The van der Waals surface area contributed by atoms with E-state index in [1.807, 2.05) is 0 Å². The van der Waals surface area contributed by atoms with E-state index in [9.17, 15) is 88.0 Å². The van der Waals surface area contributed by atoms with Crippen molar-refractivity contribution in [1.29, 1.82) is 0 Å². The predicted octanol–water partition coefficient (Wildman–Crippen LogP) is 12.2. The Morgan fingerprint density at radius 1 is 0.322 bits per heavy atom. The van der Waals surface area contributed by atoms with Gasteiger partial charge in [0.05, 0.1) is 54.7 Å². The number of phenols is 2. The molecule has 0 radical (unpaired) electrons. The minimum absolute atomic E-state index is 0.0664. The molecule has 10 aromatic rings. The van der Waals surface area contributed by atoms with Crippen molar-refractivity contribution in [2.75, 3.05) is 11.5 Å². The zero-order chi connectivity index (χ0) is 65.2. The first-order valence-corrected chi connectivity index (χ1v) is 33.4. The van der Waals surface area contributed by atoms with Crippen LogP contribution in [0.15, 0.2) is 216 Å². The molecule has 0 bridgehead atoms. The van der Waals surface area contributed by atoms with Gasteiger partial charge in [-0.15, -0.1) is 30.7 Å². The number of nitrogen functional groups attached to an aromatic ring is 2. The van der Waals surface area contributed by atoms with Crippen molar-refractivity contribution in [3.8, 4) is 11.5 Å². The quantitative estimate of drug-likeness (QED) is 0.0186. The summed E-state index contributed by atoms with van der Waals surface area (Å²) < 4.78 is 211. The van der Waals surface area contributed by atoms with Gasteiger partial charge in [-0.1, -0.05) is 60.7 Å². The Kier molecular flexibility index (Phi) is 16.3. The van der Waals surface area contributed by atoms with Crippen molar-refractivity contribution in [1.82, 2.24) is 0 Å². The number of hydrogen-bond donors (Lipinski definition) is 10. The maximum absolute atomic E-state index is 12.8. The van der Waals surface area contributed by atoms with E-state index in [4.69, 9.17) is 11.5 Å². The molecule has 0 fully saturated rings. The molecule has 10 aromatic carbocycles. The van der Waals surface area contributed by atoms with Crippen molar-refractivity contribution in [2.24, 2.45) is 40.9 Å². The number of phenolic OH excluding ortho intramolecular Hbond substituents is 2. The Morgan fingerprint density at radius 3 is 1.01 bits per heavy atom. The fourth-order valence-electron chi connectivity index (χ4n) is 9.17. The van der Waals surface area contributed by atoms with Crippen LogP contribution in [0.2, 0.25) is 0 Å². The van der Waals surface area contributed by atoms with Crippen LogP contribution in [-0.2, 0) is 60.7 Å². The Morgan fingerprint density at radius 2 is 0.667 bits per heavy atom. The van der Waals surface area contributed by atoms with E-state index in [1.165, 1.54) is 72.8 Å². The summed E-state index contributed by atoms with van der Waals surface area (Å²) in [5.41, 5.74) is 8.66. The summed E-state index contributed by atoms with van der Waals surface area (Å²) in [6, 6.07) is 28.7. The lowest BCUT2D eigenvalue weighted by Gasteiger charge is -2.12. The molecule has 0 amide bonds. The van der Waals surface area contributed by atoms with E-state index in [2.05, 4.69) is 40.9 Å². The molecule has 0 atom stereocenters. The number of hydrogen-bond acceptors (Lipinski definition) is 24. The van der Waals surface area contributed by atoms with Crippen LogP contribution in [0, 0.1) is 0 Å². The van der Waals surface area contributed by atoms with E-state index in [1.54, 1.807) is 12.1 Å². The van der Waals surface area contributed by atoms with Crippen LogP contribution in [0.5, 0.6) is 11.5 Å². The lowest BCUT2D eigenvalue weighted by molar-refractivity contribution is 0.472. The summed E-state index contributed by atoms with van der Waals surface area (Å²) in [7, 11) is -30.2. The Hall–Kier alpha value is -9.96. The number of nitrogens with zero attached hydrogens (tertiary/aromatic N) is 8. The maximum Gasteiger partial charge on any atom is 0.296 e. The van der Waals surface area contributed by atoms with Crippen LogP contribution in [0.1, 0.15) is 11.1 Å². The molecule has 0 unspecified atom stereocenters. The monoisotopic (exact) mass is 1340 g/mol. The molecule has 30 nitrogen and oxygen atoms in total. The normalized spacial score (nSPS) is 13.3. The van der Waals surface area contributed by atoms with E-state index in [0.29, 0.717) is 10.8 Å². The lowest BCUT2D eigenvalue weighted by Crippen LogP contribution is -2.01. The SMILES string of the molecule is Nc1ccc(N=Nc2ccc(/C=C/c3ccc(N=Nc4ccc(N)c5c(O)c(N=Nc6cccc7ccc(S(=O)(=O)O)cc67)c(S(=O)(=O)O)cc45)cc3S(=O)(=O)O)c(S(=O)(=O)O)c2)c2cc(S(=O)(=O)O)c(N=Nc3cccc4ccc(S(=O)(=O)O)cc34)c(O)c12. The Labute approximate surface area is 507 Å². The summed E-state index contributed by atoms with van der Waals surface area (Å²) in [5.74, 6) is -1.87. The van der Waals surface area contributed by atoms with Gasteiger partial charge in [0, 0.05) is 32.9 Å². The summed E-state index contributed by atoms with van der Waals surface area (Å²) >= 11 is 0. The Bertz CT molecular complexity index is 5330. The first-order valence-electron chi connectivity index (χ1n) is 24.8. The zero-order valence-corrected chi connectivity index (χ0v) is 49.6. The first kappa shape index (κ1) is 63.1. The molecule has 460 valence electrons. The van der Waals surface area contributed by atoms with Crippen molar-refractivity contribution in [3.63, 3.8) is 0 Å². The van der Waals surface area contributed by atoms with Crippen molar-refractivity contribution in [2.45, 2.75) is 29.4 Å². The molecule has 0 spiro atoms. The highest BCUT2D eigenvalue weighted by atomic mass is 32.2. The molecule has 36 heteroatoms. The number of azo groups is 4. The van der Waals surface area contributed by atoms with Gasteiger partial charge in [-0.05, 0) is 119 Å². The fourth-order valence-corrected chi connectivity index (χ4v) is 12.9. The third-order valence-electron chi connectivity index (χ3n) is 13.3. The number of nitrogens with two attached hydrogens (primary N) is 2. The molecule has 0 aliphatic carbocycles. The number of rotatable bonds is 16. The Balaban J connectivity index is 0.955. The van der Waals surface area contributed by atoms with Gasteiger partial charge in [-0.2, -0.15) is 60.7 Å². The van der Waals surface area contributed by atoms with E-state index >= 15 is 0 Å². The first-order chi connectivity index (χ1) is 42.1. The largest absolute Gasteiger partial charge is 0.505 e. The molecular formula is C54H38N10O20S6. The minimum atomic E-state index is -5.27. The maximum atomic E-state index is 12.8. The van der Waals surface area contributed by atoms with Crippen molar-refractivity contribution >= 4 is 173 Å². The van der Waals surface area contributed by atoms with Crippen LogP contribution >= 0.6 is 0 Å². The molecule has 90 heavy (non-hydrogen) atoms. The minimum Gasteiger partial charge on any atom is -0.505 e. The standard InChI is InChI=1S/C54H38N10O20S6/c55-39-17-19-43(37-25-47(89(79,80)81)51(53(65)49(37)39)63-61-41-5-1-3-27-11-15-33(23-35(27)41)85(67,68)69)59-57-31-13-9-29(45(21-31)87(73,74)75)7-8-30-10-14-32(22-46(30)88(76,77)78)58-60-44-20-18-40(56)50-38(44)26-48(90(82,83)84)52(54(50)66)64-62-42-6-2-4-28-12-16-34(24-36(28)42)86(70,71)72/h1-26,65-66H,55-56H2,(H,67,68,69)(H,70,71,72)(H,73,74,75)(H,76,77,78)(H,79,80,81)(H,82,83,84)/b8-7+,59-57?,60-58?,63-61?,64-62?. The molecule has 0 saturated heterocycles. The van der Waals surface area contributed by atoms with Gasteiger partial charge in [0.15, 0.2) is 11.5 Å². The van der Waals surface area contributed by atoms with Crippen LogP contribution in [0.4, 0.5) is 56.9 Å². The fraction of sp³-hybridized carbons (Fsp3) is 0. The van der Waals surface area contributed by atoms with Crippen LogP contribution in [0.3, 0.4) is 0 Å². The molecule has 0 aromatic heterocycles. The summed E-state index contributed by atoms with van der Waals surface area (Å²) in [5, 5.41) is 55.0. The predicted molar refractivity (Wildman–Crippen MR) is 325 cm³/mol. The molecular weight excluding hydrogens is 1300 g/mol. The number of anilines is 2. The summed E-state index contributed by atoms with van der Waals surface area (Å²) in [4.78, 5) is -4.70. The molecule has 0 aliphatic heterocycles. The highest BCUT2D eigenvalue weighted by Gasteiger charge is 2.27. The molecule has 12 N–H and O–H groups in total. The summed E-state index contributed by atoms with van der Waals surface area (Å²) in [6.45, 7) is 0. The second-order valence-electron chi connectivity index (χ2n) is 19.1. The van der Waals surface area contributed by atoms with Crippen LogP contribution in [-0.4, -0.2) is 88.0 Å². The number of fused-ring (bicyclic) bond motifs is 4. The molecule has 0 aliphatic rings. The third-order valence-corrected chi connectivity index (χ3v) is 18.6. The number of aromatic hydroxyl groups is 2. The van der Waals surface area contributed by atoms with Gasteiger partial charge in [-0.3, -0.25) is 27.3 Å². The van der Waals surface area contributed by atoms with Crippen LogP contribution in [0.25, 0.3) is 55.2 Å². The van der Waals surface area contributed by atoms with E-state index in [0.717, 1.165) is 72.8 Å². The number of benzene rings is 10. The molecule has 0 saturated carbocycles. The topological polar surface area (TPSA) is 518 Å². The van der Waals surface area contributed by atoms with E-state index in [-0.39, 0.29) is 88.9 Å². The van der Waals surface area contributed by atoms with Gasteiger partial charge in [0.2, 0.25) is 0 Å². The average Bonchev–Trinajstić information content (AvgIpc) is 0.773. The van der Waals surface area contributed by atoms with Gasteiger partial charge in [0.1, 0.15) is 31.0 Å². The highest BCUT2D eigenvalue weighted by Crippen LogP contribution is 2.49. The highest BCUT2D eigenvalue weighted by molar-refractivity contribution is 7.87. The van der Waals surface area contributed by atoms with E-state index < -0.39 is 113 Å². The summed E-state index contributed by atoms with van der Waals surface area (Å²) in [6.07, 6.45) is 2.06. The second-order valence-corrected chi connectivity index (χ2v) is 27.5. The van der Waals surface area contributed by atoms with Gasteiger partial charge in [0.25, 0.3) is 60.7 Å². The van der Waals surface area contributed by atoms with Crippen LogP contribution < -0.4 is 11.5 Å².